The van der Waals surface area contributed by atoms with E-state index in [1.54, 1.807) is 13.0 Å². The van der Waals surface area contributed by atoms with Crippen LogP contribution in [-0.2, 0) is 0 Å². The molecule has 0 radical (unpaired) electrons. The van der Waals surface area contributed by atoms with Crippen molar-refractivity contribution in [3.63, 3.8) is 0 Å². The predicted molar refractivity (Wildman–Crippen MR) is 52.6 cm³/mol. The molecule has 0 unspecified atom stereocenters. The van der Waals surface area contributed by atoms with Crippen molar-refractivity contribution in [2.75, 3.05) is 6.54 Å². The van der Waals surface area contributed by atoms with Gasteiger partial charge in [-0.15, -0.1) is 0 Å². The van der Waals surface area contributed by atoms with Crippen molar-refractivity contribution in [2.24, 2.45) is 5.73 Å². The first-order valence-electron chi connectivity index (χ1n) is 4.15. The molecule has 0 aliphatic carbocycles. The van der Waals surface area contributed by atoms with Gasteiger partial charge in [0.15, 0.2) is 17.3 Å². The van der Waals surface area contributed by atoms with E-state index in [1.165, 1.54) is 12.1 Å². The van der Waals surface area contributed by atoms with Crippen molar-refractivity contribution in [2.45, 2.75) is 6.92 Å². The van der Waals surface area contributed by atoms with E-state index in [2.05, 4.69) is 0 Å². The minimum atomic E-state index is -0.835. The molecule has 4 N–H and O–H groups in total. The number of phenolic OH excluding ortho intramolecular Hbond substituents is 2. The van der Waals surface area contributed by atoms with Gasteiger partial charge in [0.1, 0.15) is 0 Å². The van der Waals surface area contributed by atoms with Gasteiger partial charge < -0.3 is 15.9 Å². The minimum Gasteiger partial charge on any atom is -0.504 e. The monoisotopic (exact) mass is 197 g/mol. The number of hydrogen-bond acceptors (Lipinski definition) is 3. The third-order valence-electron chi connectivity index (χ3n) is 1.86. The van der Waals surface area contributed by atoms with Gasteiger partial charge in [-0.3, -0.25) is 0 Å². The normalized spacial score (nSPS) is 11.1. The third-order valence-corrected chi connectivity index (χ3v) is 1.86. The molecule has 0 amide bonds. The van der Waals surface area contributed by atoms with Crippen molar-refractivity contribution in [1.29, 1.82) is 0 Å². The lowest BCUT2D eigenvalue weighted by molar-refractivity contribution is 0.376. The summed E-state index contributed by atoms with van der Waals surface area (Å²) in [7, 11) is 0. The van der Waals surface area contributed by atoms with E-state index >= 15 is 0 Å². The molecule has 0 bridgehead atoms. The summed E-state index contributed by atoms with van der Waals surface area (Å²) in [6.45, 7) is 1.87. The Balaban J connectivity index is 3.26. The highest BCUT2D eigenvalue weighted by Gasteiger charge is 2.12. The summed E-state index contributed by atoms with van der Waals surface area (Å²) in [5.74, 6) is -1.98. The highest BCUT2D eigenvalue weighted by atomic mass is 19.1. The summed E-state index contributed by atoms with van der Waals surface area (Å²) in [6, 6.07) is 1.44. The molecule has 0 atom stereocenters. The predicted octanol–water partition coefficient (Wildman–Crippen LogP) is 1.52. The standard InChI is InChI=1S/C10H12FNO2/c1-6-5-7(3-2-4-12)8(11)10(14)9(6)13/h2-3,5,13-14H,4,12H2,1H3/b3-2+. The highest BCUT2D eigenvalue weighted by Crippen LogP contribution is 2.33. The SMILES string of the molecule is Cc1cc(/C=C/CN)c(F)c(O)c1O. The van der Waals surface area contributed by atoms with E-state index in [1.807, 2.05) is 0 Å². The van der Waals surface area contributed by atoms with Gasteiger partial charge in [0.2, 0.25) is 0 Å². The van der Waals surface area contributed by atoms with Crippen molar-refractivity contribution < 1.29 is 14.6 Å². The van der Waals surface area contributed by atoms with E-state index in [0.717, 1.165) is 0 Å². The molecule has 1 aromatic rings. The third kappa shape index (κ3) is 1.85. The molecule has 0 aromatic heterocycles. The summed E-state index contributed by atoms with van der Waals surface area (Å²) in [6.07, 6.45) is 3.02. The fourth-order valence-electron chi connectivity index (χ4n) is 1.11. The number of nitrogens with two attached hydrogens (primary N) is 1. The molecule has 1 aromatic carbocycles. The summed E-state index contributed by atoms with van der Waals surface area (Å²) in [4.78, 5) is 0. The van der Waals surface area contributed by atoms with Crippen molar-refractivity contribution in [3.8, 4) is 11.5 Å². The zero-order valence-corrected chi connectivity index (χ0v) is 7.79. The zero-order valence-electron chi connectivity index (χ0n) is 7.79. The first-order valence-corrected chi connectivity index (χ1v) is 4.15. The average molecular weight is 197 g/mol. The first-order chi connectivity index (χ1) is 6.57. The number of rotatable bonds is 2. The maximum Gasteiger partial charge on any atom is 0.194 e. The average Bonchev–Trinajstić information content (AvgIpc) is 2.18. The Morgan fingerprint density at radius 3 is 2.64 bits per heavy atom. The topological polar surface area (TPSA) is 66.5 Å². The maximum absolute atomic E-state index is 13.3. The Labute approximate surface area is 81.3 Å². The second kappa shape index (κ2) is 4.11. The van der Waals surface area contributed by atoms with E-state index in [9.17, 15) is 14.6 Å². The van der Waals surface area contributed by atoms with Crippen molar-refractivity contribution in [1.82, 2.24) is 0 Å². The lowest BCUT2D eigenvalue weighted by Crippen LogP contribution is -1.93. The molecule has 0 heterocycles. The highest BCUT2D eigenvalue weighted by molar-refractivity contribution is 5.59. The fraction of sp³-hybridized carbons (Fsp3) is 0.200. The van der Waals surface area contributed by atoms with Crippen LogP contribution in [0.15, 0.2) is 12.1 Å². The van der Waals surface area contributed by atoms with Crippen LogP contribution in [-0.4, -0.2) is 16.8 Å². The largest absolute Gasteiger partial charge is 0.504 e. The number of aromatic hydroxyl groups is 2. The molecule has 4 heteroatoms. The fourth-order valence-corrected chi connectivity index (χ4v) is 1.11. The summed E-state index contributed by atoms with van der Waals surface area (Å²) in [5, 5.41) is 18.4. The molecule has 1 rings (SSSR count). The smallest absolute Gasteiger partial charge is 0.194 e. The van der Waals surface area contributed by atoms with Crippen LogP contribution in [0, 0.1) is 12.7 Å². The Kier molecular flexibility index (Phi) is 3.09. The Bertz CT molecular complexity index is 375. The van der Waals surface area contributed by atoms with Crippen LogP contribution in [0.1, 0.15) is 11.1 Å². The van der Waals surface area contributed by atoms with Gasteiger partial charge >= 0.3 is 0 Å². The van der Waals surface area contributed by atoms with Crippen LogP contribution < -0.4 is 5.73 Å². The molecule has 0 saturated carbocycles. The van der Waals surface area contributed by atoms with Crippen LogP contribution in [0.4, 0.5) is 4.39 Å². The zero-order chi connectivity index (χ0) is 10.7. The van der Waals surface area contributed by atoms with E-state index in [0.29, 0.717) is 12.1 Å². The Morgan fingerprint density at radius 1 is 1.43 bits per heavy atom. The van der Waals surface area contributed by atoms with Gasteiger partial charge in [-0.25, -0.2) is 4.39 Å². The van der Waals surface area contributed by atoms with Crippen LogP contribution >= 0.6 is 0 Å². The first kappa shape index (κ1) is 10.5. The molecule has 0 saturated heterocycles. The Hall–Kier alpha value is -1.55. The molecule has 0 spiro atoms. The molecule has 0 aliphatic rings. The Morgan fingerprint density at radius 2 is 2.07 bits per heavy atom. The summed E-state index contributed by atoms with van der Waals surface area (Å²) in [5.41, 5.74) is 5.84. The second-order valence-electron chi connectivity index (χ2n) is 2.93. The van der Waals surface area contributed by atoms with Gasteiger partial charge in [0.25, 0.3) is 0 Å². The summed E-state index contributed by atoms with van der Waals surface area (Å²) < 4.78 is 13.3. The molecule has 0 fully saturated rings. The molecule has 14 heavy (non-hydrogen) atoms. The molecule has 3 nitrogen and oxygen atoms in total. The number of aryl methyl sites for hydroxylation is 1. The minimum absolute atomic E-state index is 0.211. The molecule has 76 valence electrons. The van der Waals surface area contributed by atoms with Gasteiger partial charge in [0, 0.05) is 12.1 Å². The number of benzene rings is 1. The second-order valence-corrected chi connectivity index (χ2v) is 2.93. The quantitative estimate of drug-likeness (QED) is 0.630. The van der Waals surface area contributed by atoms with Crippen molar-refractivity contribution in [3.05, 3.63) is 29.1 Å². The van der Waals surface area contributed by atoms with Crippen LogP contribution in [0.25, 0.3) is 6.08 Å². The van der Waals surface area contributed by atoms with Gasteiger partial charge in [-0.2, -0.15) is 0 Å². The number of hydrogen-bond donors (Lipinski definition) is 3. The van der Waals surface area contributed by atoms with Gasteiger partial charge in [-0.1, -0.05) is 12.2 Å². The maximum atomic E-state index is 13.3. The summed E-state index contributed by atoms with van der Waals surface area (Å²) >= 11 is 0. The van der Waals surface area contributed by atoms with E-state index < -0.39 is 17.3 Å². The lowest BCUT2D eigenvalue weighted by atomic mass is 10.1. The van der Waals surface area contributed by atoms with Crippen LogP contribution in [0.5, 0.6) is 11.5 Å². The van der Waals surface area contributed by atoms with Crippen molar-refractivity contribution >= 4 is 6.08 Å². The van der Waals surface area contributed by atoms with Gasteiger partial charge in [-0.05, 0) is 18.6 Å². The van der Waals surface area contributed by atoms with Gasteiger partial charge in [0.05, 0.1) is 0 Å². The molecular formula is C10H12FNO2. The molecular weight excluding hydrogens is 185 g/mol. The van der Waals surface area contributed by atoms with E-state index in [-0.39, 0.29) is 5.56 Å². The van der Waals surface area contributed by atoms with Crippen LogP contribution in [0.3, 0.4) is 0 Å². The van der Waals surface area contributed by atoms with E-state index in [4.69, 9.17) is 5.73 Å². The molecule has 0 aliphatic heterocycles. The lowest BCUT2D eigenvalue weighted by Gasteiger charge is -2.05. The number of halogens is 1. The van der Waals surface area contributed by atoms with Crippen LogP contribution in [0.2, 0.25) is 0 Å². The number of phenols is 2.